The minimum absolute atomic E-state index is 0.784. The van der Waals surface area contributed by atoms with E-state index in [9.17, 15) is 0 Å². The van der Waals surface area contributed by atoms with Crippen LogP contribution in [-0.4, -0.2) is 11.4 Å². The lowest BCUT2D eigenvalue weighted by atomic mass is 10.1. The molecule has 25 heavy (non-hydrogen) atoms. The summed E-state index contributed by atoms with van der Waals surface area (Å²) >= 11 is 0. The molecule has 2 aromatic carbocycles. The molecule has 0 atom stereocenters. The minimum Gasteiger partial charge on any atom is -0.252 e. The van der Waals surface area contributed by atoms with E-state index in [0.717, 1.165) is 29.2 Å². The van der Waals surface area contributed by atoms with Gasteiger partial charge in [-0.1, -0.05) is 48.5 Å². The summed E-state index contributed by atoms with van der Waals surface area (Å²) in [5.74, 6) is 0. The number of aliphatic imine (C=N–C) groups is 2. The third kappa shape index (κ3) is 1.85. The lowest BCUT2D eigenvalue weighted by Gasteiger charge is -1.97. The molecule has 4 aliphatic rings. The van der Waals surface area contributed by atoms with Crippen molar-refractivity contribution in [3.8, 4) is 0 Å². The highest BCUT2D eigenvalue weighted by Crippen LogP contribution is 2.28. The van der Waals surface area contributed by atoms with Gasteiger partial charge in [0, 0.05) is 29.0 Å². The molecule has 6 rings (SSSR count). The number of rotatable bonds is 2. The topological polar surface area (TPSA) is 24.7 Å². The molecule has 0 bridgehead atoms. The highest BCUT2D eigenvalue weighted by Gasteiger charge is 2.21. The summed E-state index contributed by atoms with van der Waals surface area (Å²) < 4.78 is 0. The maximum atomic E-state index is 4.82. The van der Waals surface area contributed by atoms with Crippen LogP contribution in [0.4, 0.5) is 0 Å². The Morgan fingerprint density at radius 2 is 1.04 bits per heavy atom. The van der Waals surface area contributed by atoms with Gasteiger partial charge in [0.15, 0.2) is 0 Å². The zero-order valence-corrected chi connectivity index (χ0v) is 13.5. The first-order chi connectivity index (χ1) is 12.3. The number of hydrogen-bond acceptors (Lipinski definition) is 2. The number of benzene rings is 2. The van der Waals surface area contributed by atoms with Gasteiger partial charge in [-0.3, -0.25) is 9.98 Å². The molecule has 2 aliphatic heterocycles. The molecule has 2 heterocycles. The summed E-state index contributed by atoms with van der Waals surface area (Å²) in [6.07, 6.45) is 9.57. The fraction of sp³-hybridized carbons (Fsp3) is 0.0435. The average Bonchev–Trinajstić information content (AvgIpc) is 3.33. The quantitative estimate of drug-likeness (QED) is 0.798. The summed E-state index contributed by atoms with van der Waals surface area (Å²) in [5.41, 5.74) is 6.88. The summed E-state index contributed by atoms with van der Waals surface area (Å²) in [6, 6.07) is 17.0. The second-order valence-electron chi connectivity index (χ2n) is 6.73. The van der Waals surface area contributed by atoms with Crippen molar-refractivity contribution in [3.63, 3.8) is 0 Å². The van der Waals surface area contributed by atoms with Crippen LogP contribution in [0.2, 0.25) is 0 Å². The molecule has 2 aliphatic carbocycles. The van der Waals surface area contributed by atoms with Crippen molar-refractivity contribution < 1.29 is 0 Å². The van der Waals surface area contributed by atoms with Gasteiger partial charge in [0.2, 0.25) is 0 Å². The zero-order chi connectivity index (χ0) is 16.4. The van der Waals surface area contributed by atoms with Gasteiger partial charge in [-0.25, -0.2) is 0 Å². The van der Waals surface area contributed by atoms with E-state index >= 15 is 0 Å². The van der Waals surface area contributed by atoms with E-state index in [4.69, 9.17) is 9.98 Å². The van der Waals surface area contributed by atoms with Gasteiger partial charge in [-0.15, -0.1) is 0 Å². The molecule has 0 aromatic heterocycles. The SMILES string of the molecule is C1=C(CC2=CC3=c4ccccc4=CC3=N2)N=C2C=c3ccccc3=C12. The van der Waals surface area contributed by atoms with E-state index in [2.05, 4.69) is 72.8 Å². The van der Waals surface area contributed by atoms with Crippen LogP contribution in [0.25, 0.3) is 23.3 Å². The van der Waals surface area contributed by atoms with Crippen molar-refractivity contribution in [1.82, 2.24) is 0 Å². The van der Waals surface area contributed by atoms with Crippen LogP contribution in [0.3, 0.4) is 0 Å². The standard InChI is InChI=1S/C23H14N2/c1-3-7-18-14(5-1)9-22-20(18)12-16(24-22)11-17-13-21-19-8-4-2-6-15(19)10-23(21)25-17/h1-10,12-13H,11H2. The number of hydrogen-bond donors (Lipinski definition) is 0. The molecular formula is C23H14N2. The van der Waals surface area contributed by atoms with Gasteiger partial charge in [0.1, 0.15) is 0 Å². The van der Waals surface area contributed by atoms with Crippen LogP contribution in [0.5, 0.6) is 0 Å². The zero-order valence-electron chi connectivity index (χ0n) is 13.5. The van der Waals surface area contributed by atoms with Crippen LogP contribution < -0.4 is 20.9 Å². The van der Waals surface area contributed by atoms with Crippen molar-refractivity contribution >= 4 is 34.7 Å². The largest absolute Gasteiger partial charge is 0.252 e. The average molecular weight is 318 g/mol. The van der Waals surface area contributed by atoms with Crippen molar-refractivity contribution in [3.05, 3.63) is 93.0 Å². The van der Waals surface area contributed by atoms with E-state index < -0.39 is 0 Å². The molecule has 0 radical (unpaired) electrons. The Kier molecular flexibility index (Phi) is 2.43. The monoisotopic (exact) mass is 318 g/mol. The number of nitrogens with zero attached hydrogens (tertiary/aromatic N) is 2. The number of allylic oxidation sites excluding steroid dienone is 2. The molecule has 0 N–H and O–H groups in total. The Hall–Kier alpha value is -3.26. The molecule has 0 unspecified atom stereocenters. The predicted octanol–water partition coefficient (Wildman–Crippen LogP) is 1.34. The summed E-state index contributed by atoms with van der Waals surface area (Å²) in [4.78, 5) is 9.64. The molecule has 0 amide bonds. The fourth-order valence-corrected chi connectivity index (χ4v) is 4.02. The Morgan fingerprint density at radius 1 is 0.560 bits per heavy atom. The Balaban J connectivity index is 1.39. The van der Waals surface area contributed by atoms with Gasteiger partial charge >= 0.3 is 0 Å². The van der Waals surface area contributed by atoms with Gasteiger partial charge in [-0.05, 0) is 45.2 Å². The third-order valence-corrected chi connectivity index (χ3v) is 5.15. The lowest BCUT2D eigenvalue weighted by Crippen LogP contribution is -2.21. The van der Waals surface area contributed by atoms with E-state index in [1.165, 1.54) is 32.0 Å². The first-order valence-corrected chi connectivity index (χ1v) is 8.57. The molecule has 116 valence electrons. The predicted molar refractivity (Wildman–Crippen MR) is 103 cm³/mol. The Bertz CT molecular complexity index is 1240. The summed E-state index contributed by atoms with van der Waals surface area (Å²) in [5, 5.41) is 5.11. The molecule has 0 spiro atoms. The molecule has 0 fully saturated rings. The Morgan fingerprint density at radius 3 is 1.56 bits per heavy atom. The van der Waals surface area contributed by atoms with E-state index in [1.54, 1.807) is 0 Å². The van der Waals surface area contributed by atoms with Gasteiger partial charge < -0.3 is 0 Å². The lowest BCUT2D eigenvalue weighted by molar-refractivity contribution is 1.08. The molecular weight excluding hydrogens is 304 g/mol. The summed E-state index contributed by atoms with van der Waals surface area (Å²) in [7, 11) is 0. The van der Waals surface area contributed by atoms with Crippen molar-refractivity contribution in [2.75, 3.05) is 0 Å². The maximum Gasteiger partial charge on any atom is 0.0718 e. The maximum absolute atomic E-state index is 4.82. The molecule has 0 saturated heterocycles. The van der Waals surface area contributed by atoms with Gasteiger partial charge in [0.05, 0.1) is 11.4 Å². The Labute approximate surface area is 144 Å². The summed E-state index contributed by atoms with van der Waals surface area (Å²) in [6.45, 7) is 0. The van der Waals surface area contributed by atoms with Crippen molar-refractivity contribution in [2.24, 2.45) is 9.98 Å². The van der Waals surface area contributed by atoms with Gasteiger partial charge in [0.25, 0.3) is 0 Å². The van der Waals surface area contributed by atoms with E-state index in [0.29, 0.717) is 0 Å². The highest BCUT2D eigenvalue weighted by atomic mass is 14.8. The van der Waals surface area contributed by atoms with Crippen LogP contribution in [-0.2, 0) is 0 Å². The van der Waals surface area contributed by atoms with Crippen LogP contribution in [0, 0.1) is 0 Å². The van der Waals surface area contributed by atoms with Crippen molar-refractivity contribution in [1.29, 1.82) is 0 Å². The van der Waals surface area contributed by atoms with E-state index in [1.807, 2.05) is 0 Å². The minimum atomic E-state index is 0.784. The molecule has 2 nitrogen and oxygen atoms in total. The normalized spacial score (nSPS) is 18.4. The number of fused-ring (bicyclic) bond motifs is 4. The molecule has 2 heteroatoms. The molecule has 2 aromatic rings. The molecule has 0 saturated carbocycles. The third-order valence-electron chi connectivity index (χ3n) is 5.15. The second kappa shape index (κ2) is 4.64. The first kappa shape index (κ1) is 13.1. The second-order valence-corrected chi connectivity index (χ2v) is 6.73. The van der Waals surface area contributed by atoms with E-state index in [-0.39, 0.29) is 0 Å². The fourth-order valence-electron chi connectivity index (χ4n) is 4.02. The van der Waals surface area contributed by atoms with Crippen LogP contribution >= 0.6 is 0 Å². The van der Waals surface area contributed by atoms with Gasteiger partial charge in [-0.2, -0.15) is 0 Å². The highest BCUT2D eigenvalue weighted by molar-refractivity contribution is 6.40. The smallest absolute Gasteiger partial charge is 0.0718 e. The van der Waals surface area contributed by atoms with Crippen LogP contribution in [0.1, 0.15) is 6.42 Å². The first-order valence-electron chi connectivity index (χ1n) is 8.57. The van der Waals surface area contributed by atoms with Crippen LogP contribution in [0.15, 0.2) is 82.1 Å². The van der Waals surface area contributed by atoms with Crippen molar-refractivity contribution in [2.45, 2.75) is 6.42 Å².